The minimum atomic E-state index is -2.09. The van der Waals surface area contributed by atoms with Crippen molar-refractivity contribution in [2.75, 3.05) is 0 Å². The van der Waals surface area contributed by atoms with Gasteiger partial charge in [0, 0.05) is 36.1 Å². The molecule has 8 aromatic rings. The van der Waals surface area contributed by atoms with Gasteiger partial charge in [-0.3, -0.25) is 16.3 Å². The number of imidazole rings is 1. The molecule has 0 unspecified atom stereocenters. The number of hydrogen-bond acceptors (Lipinski definition) is 3. The van der Waals surface area contributed by atoms with Gasteiger partial charge in [0.2, 0.25) is 0 Å². The van der Waals surface area contributed by atoms with Crippen molar-refractivity contribution in [3.8, 4) is 28.3 Å². The average Bonchev–Trinajstić information content (AvgIpc) is 3.76. The molecule has 0 atom stereocenters. The van der Waals surface area contributed by atoms with Gasteiger partial charge in [0.1, 0.15) is 0 Å². The Morgan fingerprint density at radius 3 is 2.20 bits per heavy atom. The molecule has 51 heavy (non-hydrogen) atoms. The second-order valence-electron chi connectivity index (χ2n) is 13.1. The Labute approximate surface area is 323 Å². The summed E-state index contributed by atoms with van der Waals surface area (Å²) in [6.45, 7) is 7.03. The SMILES string of the molecule is CC(C)c1cccc(C(C)C)c1-n1c(-c2[c-]sc3cc(Cc4ccccc4)ccc23)nc2ccccc21.[2H]C([2H])([2H])c1ccc(-c2[c-]cccc2)nc1.[Ir]. The fraction of sp³-hybridized carbons (Fsp3) is 0.174. The number of aromatic nitrogens is 3. The Morgan fingerprint density at radius 1 is 0.765 bits per heavy atom. The van der Waals surface area contributed by atoms with E-state index < -0.39 is 6.85 Å². The van der Waals surface area contributed by atoms with Gasteiger partial charge in [-0.15, -0.1) is 47.3 Å². The smallest absolute Gasteiger partial charge is 0.0774 e. The van der Waals surface area contributed by atoms with Gasteiger partial charge in [0.15, 0.2) is 0 Å². The van der Waals surface area contributed by atoms with Crippen LogP contribution < -0.4 is 0 Å². The van der Waals surface area contributed by atoms with Gasteiger partial charge in [0.25, 0.3) is 0 Å². The zero-order chi connectivity index (χ0) is 37.1. The van der Waals surface area contributed by atoms with Gasteiger partial charge in [0.05, 0.1) is 16.9 Å². The van der Waals surface area contributed by atoms with Gasteiger partial charge < -0.3 is 9.55 Å². The maximum atomic E-state index is 7.23. The van der Waals surface area contributed by atoms with Crippen molar-refractivity contribution in [1.82, 2.24) is 14.5 Å². The first kappa shape index (κ1) is 32.3. The number of thiophene rings is 1. The standard InChI is InChI=1S/C34H31N2S.C12H10N.Ir/c1-22(2)26-13-10-14-27(23(3)4)33(26)36-31-16-9-8-15-30(31)35-34(36)29-21-37-32-20-25(17-18-28(29)32)19-24-11-6-5-7-12-24;1-10-7-8-12(13-9-10)11-5-3-2-4-6-11;/h5-18,20,22-23H,19H2,1-4H3;2-5,7-9H,1H3;/q2*-1;/i;1D3;. The minimum Gasteiger partial charge on any atom is -0.333 e. The molecule has 5 aromatic carbocycles. The summed E-state index contributed by atoms with van der Waals surface area (Å²) in [5.74, 6) is 1.76. The van der Waals surface area contributed by atoms with Crippen molar-refractivity contribution in [3.05, 3.63) is 173 Å². The zero-order valence-corrected chi connectivity index (χ0v) is 32.4. The van der Waals surface area contributed by atoms with E-state index in [0.717, 1.165) is 40.1 Å². The molecule has 0 amide bonds. The van der Waals surface area contributed by atoms with E-state index in [9.17, 15) is 0 Å². The Morgan fingerprint density at radius 2 is 1.51 bits per heavy atom. The number of fused-ring (bicyclic) bond motifs is 2. The molecule has 0 fully saturated rings. The van der Waals surface area contributed by atoms with Gasteiger partial charge >= 0.3 is 0 Å². The monoisotopic (exact) mass is 863 g/mol. The number of nitrogens with zero attached hydrogens (tertiary/aromatic N) is 3. The number of hydrogen-bond donors (Lipinski definition) is 0. The third kappa shape index (κ3) is 7.82. The van der Waals surface area contributed by atoms with Gasteiger partial charge in [-0.25, -0.2) is 0 Å². The maximum absolute atomic E-state index is 7.23. The van der Waals surface area contributed by atoms with Crippen molar-refractivity contribution in [2.45, 2.75) is 52.8 Å². The minimum absolute atomic E-state index is 0. The van der Waals surface area contributed by atoms with Crippen LogP contribution >= 0.6 is 11.3 Å². The van der Waals surface area contributed by atoms with E-state index in [0.29, 0.717) is 11.8 Å². The molecule has 257 valence electrons. The van der Waals surface area contributed by atoms with Crippen molar-refractivity contribution in [3.63, 3.8) is 0 Å². The molecular formula is C46H41IrN3S-2. The Kier molecular flexibility index (Phi) is 10.2. The van der Waals surface area contributed by atoms with E-state index >= 15 is 0 Å². The van der Waals surface area contributed by atoms with Crippen molar-refractivity contribution in [1.29, 1.82) is 0 Å². The van der Waals surface area contributed by atoms with Crippen LogP contribution in [0, 0.1) is 18.3 Å². The molecule has 0 aliphatic carbocycles. The van der Waals surface area contributed by atoms with Crippen LogP contribution in [-0.2, 0) is 26.5 Å². The van der Waals surface area contributed by atoms with Crippen LogP contribution in [0.4, 0.5) is 0 Å². The fourth-order valence-corrected chi connectivity index (χ4v) is 7.33. The predicted octanol–water partition coefficient (Wildman–Crippen LogP) is 12.4. The third-order valence-corrected chi connectivity index (χ3v) is 9.79. The summed E-state index contributed by atoms with van der Waals surface area (Å²) in [6, 6.07) is 46.5. The van der Waals surface area contributed by atoms with Crippen molar-refractivity contribution >= 4 is 32.5 Å². The van der Waals surface area contributed by atoms with E-state index in [1.165, 1.54) is 44.2 Å². The van der Waals surface area contributed by atoms with Gasteiger partial charge in [-0.1, -0.05) is 134 Å². The van der Waals surface area contributed by atoms with Gasteiger partial charge in [-0.2, -0.15) is 0 Å². The van der Waals surface area contributed by atoms with E-state index in [1.807, 2.05) is 18.2 Å². The average molecular weight is 863 g/mol. The molecule has 1 radical (unpaired) electrons. The molecule has 0 aliphatic heterocycles. The quantitative estimate of drug-likeness (QED) is 0.149. The second kappa shape index (κ2) is 16.1. The molecule has 3 nitrogen and oxygen atoms in total. The molecule has 3 aromatic heterocycles. The maximum Gasteiger partial charge on any atom is 0.0774 e. The van der Waals surface area contributed by atoms with E-state index in [-0.39, 0.29) is 25.7 Å². The first-order chi connectivity index (χ1) is 25.6. The molecule has 8 rings (SSSR count). The molecule has 0 spiro atoms. The van der Waals surface area contributed by atoms with Gasteiger partial charge in [-0.05, 0) is 65.2 Å². The van der Waals surface area contributed by atoms with Crippen LogP contribution in [0.5, 0.6) is 0 Å². The molecule has 5 heteroatoms. The summed E-state index contributed by atoms with van der Waals surface area (Å²) in [5.41, 5.74) is 11.7. The van der Waals surface area contributed by atoms with Crippen LogP contribution in [0.2, 0.25) is 0 Å². The molecule has 0 N–H and O–H groups in total. The van der Waals surface area contributed by atoms with E-state index in [1.54, 1.807) is 29.5 Å². The summed E-state index contributed by atoms with van der Waals surface area (Å²) < 4.78 is 25.4. The number of para-hydroxylation sites is 3. The molecule has 3 heterocycles. The molecule has 0 saturated heterocycles. The number of rotatable bonds is 7. The summed E-state index contributed by atoms with van der Waals surface area (Å²) in [6.07, 6.45) is 2.32. The summed E-state index contributed by atoms with van der Waals surface area (Å²) in [7, 11) is 0. The Bertz CT molecular complexity index is 2440. The normalized spacial score (nSPS) is 12.2. The fourth-order valence-electron chi connectivity index (χ4n) is 6.42. The van der Waals surface area contributed by atoms with Crippen LogP contribution in [0.1, 0.15) is 71.5 Å². The van der Waals surface area contributed by atoms with Crippen LogP contribution in [0.15, 0.2) is 134 Å². The molecule has 0 aliphatic rings. The van der Waals surface area contributed by atoms with Crippen molar-refractivity contribution < 1.29 is 24.2 Å². The van der Waals surface area contributed by atoms with Crippen LogP contribution in [-0.4, -0.2) is 14.5 Å². The molecule has 0 bridgehead atoms. The number of aryl methyl sites for hydroxylation is 1. The Balaban J connectivity index is 0.000000246. The first-order valence-corrected chi connectivity index (χ1v) is 17.9. The molecule has 0 saturated carbocycles. The first-order valence-electron chi connectivity index (χ1n) is 18.6. The topological polar surface area (TPSA) is 30.7 Å². The predicted molar refractivity (Wildman–Crippen MR) is 211 cm³/mol. The summed E-state index contributed by atoms with van der Waals surface area (Å²) >= 11 is 1.69. The van der Waals surface area contributed by atoms with Crippen LogP contribution in [0.3, 0.4) is 0 Å². The summed E-state index contributed by atoms with van der Waals surface area (Å²) in [5, 5.41) is 4.86. The zero-order valence-electron chi connectivity index (χ0n) is 32.1. The Hall–Kier alpha value is -4.67. The molecular weight excluding hydrogens is 819 g/mol. The largest absolute Gasteiger partial charge is 0.333 e. The third-order valence-electron chi connectivity index (χ3n) is 8.93. The van der Waals surface area contributed by atoms with Crippen LogP contribution in [0.25, 0.3) is 49.5 Å². The van der Waals surface area contributed by atoms with E-state index in [4.69, 9.17) is 9.10 Å². The van der Waals surface area contributed by atoms with Crippen molar-refractivity contribution in [2.24, 2.45) is 0 Å². The summed E-state index contributed by atoms with van der Waals surface area (Å²) in [4.78, 5) is 9.34. The van der Waals surface area contributed by atoms with E-state index in [2.05, 4.69) is 140 Å². The number of pyridine rings is 1. The number of benzene rings is 5. The second-order valence-corrected chi connectivity index (χ2v) is 14.0.